The van der Waals surface area contributed by atoms with E-state index in [1.165, 1.54) is 0 Å². The molecular formula is C19H34N2O15. The summed E-state index contributed by atoms with van der Waals surface area (Å²) in [4.78, 5) is 16.4. The van der Waals surface area contributed by atoms with Crippen LogP contribution < -0.4 is 5.90 Å². The number of ether oxygens (including phenoxy) is 6. The van der Waals surface area contributed by atoms with Crippen LogP contribution in [0, 0.1) is 10.8 Å². The topological polar surface area (TPSA) is 262 Å². The van der Waals surface area contributed by atoms with Gasteiger partial charge in [0.25, 0.3) is 0 Å². The van der Waals surface area contributed by atoms with E-state index in [1.54, 1.807) is 0 Å². The minimum Gasteiger partial charge on any atom is -0.394 e. The molecule has 0 amide bonds. The Morgan fingerprint density at radius 3 is 2.11 bits per heavy atom. The third-order valence-electron chi connectivity index (χ3n) is 6.44. The second-order valence-corrected chi connectivity index (χ2v) is 8.69. The molecule has 0 aromatic rings. The van der Waals surface area contributed by atoms with Crippen molar-refractivity contribution in [2.24, 2.45) is 17.0 Å². The molecule has 17 heteroatoms. The van der Waals surface area contributed by atoms with Gasteiger partial charge in [-0.05, 0) is 0 Å². The molecule has 0 bridgehead atoms. The van der Waals surface area contributed by atoms with Crippen molar-refractivity contribution in [3.8, 4) is 0 Å². The average Bonchev–Trinajstić information content (AvgIpc) is 2.87. The second-order valence-electron chi connectivity index (χ2n) is 8.69. The lowest BCUT2D eigenvalue weighted by Crippen LogP contribution is -2.61. The van der Waals surface area contributed by atoms with Crippen LogP contribution in [0.2, 0.25) is 0 Å². The Labute approximate surface area is 205 Å². The van der Waals surface area contributed by atoms with E-state index in [1.807, 2.05) is 0 Å². The molecule has 3 heterocycles. The first-order chi connectivity index (χ1) is 17.3. The largest absolute Gasteiger partial charge is 0.394 e. The van der Waals surface area contributed by atoms with Gasteiger partial charge < -0.3 is 69.0 Å². The first kappa shape index (κ1) is 29.6. The average molecular weight is 530 g/mol. The summed E-state index contributed by atoms with van der Waals surface area (Å²) in [6.07, 6.45) is -14.9. The summed E-state index contributed by atoms with van der Waals surface area (Å²) in [6.45, 7) is -2.52. The van der Waals surface area contributed by atoms with Crippen molar-refractivity contribution in [2.75, 3.05) is 39.8 Å². The Morgan fingerprint density at radius 2 is 1.47 bits per heavy atom. The van der Waals surface area contributed by atoms with E-state index in [2.05, 4.69) is 10.0 Å². The number of rotatable bonds is 11. The normalized spacial score (nSPS) is 45.9. The number of aliphatic hydroxyl groups is 7. The Bertz CT molecular complexity index is 677. The lowest BCUT2D eigenvalue weighted by molar-refractivity contribution is -0.366. The fourth-order valence-electron chi connectivity index (χ4n) is 4.45. The van der Waals surface area contributed by atoms with Gasteiger partial charge in [-0.1, -0.05) is 5.18 Å². The second kappa shape index (κ2) is 13.7. The van der Waals surface area contributed by atoms with Gasteiger partial charge in [0.15, 0.2) is 25.5 Å². The molecule has 36 heavy (non-hydrogen) atoms. The number of nitrogens with zero attached hydrogens (tertiary/aromatic N) is 1. The molecule has 5 unspecified atom stereocenters. The van der Waals surface area contributed by atoms with Gasteiger partial charge in [0.05, 0.1) is 39.1 Å². The standard InChI is InChI=1S/C19H34N2O15/c20-33-5-10-12(21-29)7(3-30-4-11-14(25)15(26)13(24)8(1-22)34-11)17(9(2-23)35-10)36-19-16(27)18(28)31-6-32-19/h7-19,22-28H,1-6,20H2/t7?,8?,9-,10?,11-,12-,13+,14+,15?,16-,17-,18?,19-/m0/s1. The molecular weight excluding hydrogens is 496 g/mol. The van der Waals surface area contributed by atoms with Crippen molar-refractivity contribution >= 4 is 0 Å². The number of hydrogen-bond acceptors (Lipinski definition) is 17. The van der Waals surface area contributed by atoms with Gasteiger partial charge in [-0.3, -0.25) is 0 Å². The zero-order chi connectivity index (χ0) is 26.4. The number of nitroso groups, excluding NO2 is 1. The Hall–Kier alpha value is -1.00. The zero-order valence-corrected chi connectivity index (χ0v) is 19.2. The van der Waals surface area contributed by atoms with Gasteiger partial charge in [-0.2, -0.15) is 4.91 Å². The summed E-state index contributed by atoms with van der Waals surface area (Å²) in [5.74, 6) is 4.19. The third kappa shape index (κ3) is 6.52. The Kier molecular flexibility index (Phi) is 11.2. The molecule has 3 aliphatic rings. The highest BCUT2D eigenvalue weighted by Gasteiger charge is 2.50. The van der Waals surface area contributed by atoms with Crippen molar-refractivity contribution in [1.29, 1.82) is 0 Å². The van der Waals surface area contributed by atoms with Crippen LogP contribution in [0.4, 0.5) is 0 Å². The fourth-order valence-corrected chi connectivity index (χ4v) is 4.45. The van der Waals surface area contributed by atoms with Gasteiger partial charge >= 0.3 is 0 Å². The molecule has 0 radical (unpaired) electrons. The molecule has 210 valence electrons. The van der Waals surface area contributed by atoms with Gasteiger partial charge in [0.1, 0.15) is 48.8 Å². The smallest absolute Gasteiger partial charge is 0.191 e. The van der Waals surface area contributed by atoms with Crippen LogP contribution in [0.3, 0.4) is 0 Å². The van der Waals surface area contributed by atoms with E-state index < -0.39 is 99.5 Å². The molecule has 13 atom stereocenters. The van der Waals surface area contributed by atoms with Crippen molar-refractivity contribution in [3.05, 3.63) is 4.91 Å². The number of aliphatic hydroxyl groups excluding tert-OH is 7. The SMILES string of the molecule is NOCC1O[C@@H](CO)[C@@H](O[C@@H]2OCOC(O)[C@@H]2O)C(COC[C@@H]2OC(CO)[C@@H](O)C(O)[C@@H]2O)[C@@H]1N=O. The van der Waals surface area contributed by atoms with Crippen LogP contribution in [0.15, 0.2) is 5.18 Å². The maximum atomic E-state index is 11.8. The van der Waals surface area contributed by atoms with Crippen LogP contribution in [0.5, 0.6) is 0 Å². The molecule has 3 saturated heterocycles. The summed E-state index contributed by atoms with van der Waals surface area (Å²) in [7, 11) is 0. The predicted molar refractivity (Wildman–Crippen MR) is 111 cm³/mol. The van der Waals surface area contributed by atoms with Crippen LogP contribution >= 0.6 is 0 Å². The molecule has 9 N–H and O–H groups in total. The molecule has 0 spiro atoms. The first-order valence-electron chi connectivity index (χ1n) is 11.3. The van der Waals surface area contributed by atoms with E-state index in [9.17, 15) is 40.7 Å². The number of nitrogens with two attached hydrogens (primary N) is 1. The molecule has 17 nitrogen and oxygen atoms in total. The Morgan fingerprint density at radius 1 is 0.806 bits per heavy atom. The molecule has 0 aromatic carbocycles. The minimum absolute atomic E-state index is 0.266. The maximum Gasteiger partial charge on any atom is 0.191 e. The van der Waals surface area contributed by atoms with E-state index in [0.29, 0.717) is 0 Å². The maximum absolute atomic E-state index is 11.8. The molecule has 0 aromatic heterocycles. The van der Waals surface area contributed by atoms with Crippen molar-refractivity contribution in [2.45, 2.75) is 73.6 Å². The molecule has 0 saturated carbocycles. The quantitative estimate of drug-likeness (QED) is 0.0915. The van der Waals surface area contributed by atoms with Gasteiger partial charge in [0, 0.05) is 5.92 Å². The fraction of sp³-hybridized carbons (Fsp3) is 1.00. The van der Waals surface area contributed by atoms with E-state index in [-0.39, 0.29) is 19.8 Å². The zero-order valence-electron chi connectivity index (χ0n) is 19.2. The number of hydrogen-bond donors (Lipinski definition) is 8. The van der Waals surface area contributed by atoms with Crippen LogP contribution in [-0.2, 0) is 33.3 Å². The van der Waals surface area contributed by atoms with E-state index in [0.717, 1.165) is 0 Å². The van der Waals surface area contributed by atoms with E-state index in [4.69, 9.17) is 34.3 Å². The van der Waals surface area contributed by atoms with Crippen LogP contribution in [0.1, 0.15) is 0 Å². The van der Waals surface area contributed by atoms with Crippen molar-refractivity contribution in [1.82, 2.24) is 0 Å². The molecule has 3 rings (SSSR count). The molecule has 3 fully saturated rings. The van der Waals surface area contributed by atoms with Crippen molar-refractivity contribution in [3.63, 3.8) is 0 Å². The predicted octanol–water partition coefficient (Wildman–Crippen LogP) is -5.36. The van der Waals surface area contributed by atoms with Crippen LogP contribution in [0.25, 0.3) is 0 Å². The lowest BCUT2D eigenvalue weighted by Gasteiger charge is -2.45. The summed E-state index contributed by atoms with van der Waals surface area (Å²) in [5.41, 5.74) is 0. The van der Waals surface area contributed by atoms with Gasteiger partial charge in [-0.25, -0.2) is 5.90 Å². The first-order valence-corrected chi connectivity index (χ1v) is 11.3. The highest BCUT2D eigenvalue weighted by Crippen LogP contribution is 2.33. The summed E-state index contributed by atoms with van der Waals surface area (Å²) in [6, 6.07) is -1.18. The lowest BCUT2D eigenvalue weighted by atomic mass is 9.85. The highest BCUT2D eigenvalue weighted by atomic mass is 16.8. The van der Waals surface area contributed by atoms with Crippen LogP contribution in [-0.4, -0.2) is 149 Å². The van der Waals surface area contributed by atoms with Gasteiger partial charge in [0.2, 0.25) is 0 Å². The minimum atomic E-state index is -1.62. The summed E-state index contributed by atoms with van der Waals surface area (Å²) in [5, 5.41) is 72.3. The van der Waals surface area contributed by atoms with Gasteiger partial charge in [-0.15, -0.1) is 0 Å². The third-order valence-corrected chi connectivity index (χ3v) is 6.44. The highest BCUT2D eigenvalue weighted by molar-refractivity contribution is 4.98. The van der Waals surface area contributed by atoms with Crippen molar-refractivity contribution < 1.29 is 69.0 Å². The summed E-state index contributed by atoms with van der Waals surface area (Å²) < 4.78 is 32.5. The summed E-state index contributed by atoms with van der Waals surface area (Å²) >= 11 is 0. The molecule has 0 aliphatic carbocycles. The Balaban J connectivity index is 1.75. The van der Waals surface area contributed by atoms with E-state index >= 15 is 0 Å². The molecule has 3 aliphatic heterocycles. The monoisotopic (exact) mass is 530 g/mol.